The van der Waals surface area contributed by atoms with Crippen molar-refractivity contribution >= 4 is 34.4 Å². The second kappa shape index (κ2) is 9.99. The van der Waals surface area contributed by atoms with E-state index in [-0.39, 0.29) is 24.7 Å². The Labute approximate surface area is 190 Å². The minimum atomic E-state index is -0.622. The summed E-state index contributed by atoms with van der Waals surface area (Å²) >= 11 is 0. The molecule has 0 spiro atoms. The summed E-state index contributed by atoms with van der Waals surface area (Å²) in [6.07, 6.45) is 3.39. The molecule has 0 atom stereocenters. The van der Waals surface area contributed by atoms with Gasteiger partial charge >= 0.3 is 6.03 Å². The van der Waals surface area contributed by atoms with Crippen LogP contribution in [0.25, 0.3) is 10.9 Å². The number of para-hydroxylation sites is 1. The van der Waals surface area contributed by atoms with Crippen LogP contribution in [0.1, 0.15) is 28.8 Å². The zero-order chi connectivity index (χ0) is 23.2. The molecule has 2 aromatic carbocycles. The summed E-state index contributed by atoms with van der Waals surface area (Å²) in [4.78, 5) is 54.0. The van der Waals surface area contributed by atoms with E-state index in [4.69, 9.17) is 0 Å². The van der Waals surface area contributed by atoms with Crippen LogP contribution in [0.5, 0.6) is 0 Å². The molecule has 0 unspecified atom stereocenters. The van der Waals surface area contributed by atoms with Crippen LogP contribution < -0.4 is 21.4 Å². The third-order valence-corrected chi connectivity index (χ3v) is 5.50. The number of H-pyrrole nitrogens is 1. The molecule has 9 nitrogen and oxygen atoms in total. The standard InChI is InChI=1S/C24H25N5O4/c30-21(15-27-23(32)19-14-25-20-9-2-1-8-18(20)22(19)31)26-13-16-6-5-7-17(12-16)28-24(33)29-10-3-4-11-29/h1-2,5-9,12,14H,3-4,10-11,13,15H2,(H,25,31)(H,26,30)(H,27,32)(H,28,33). The highest BCUT2D eigenvalue weighted by molar-refractivity contribution is 5.98. The number of amides is 4. The average Bonchev–Trinajstić information content (AvgIpc) is 3.37. The molecular weight excluding hydrogens is 422 g/mol. The lowest BCUT2D eigenvalue weighted by Gasteiger charge is -2.16. The summed E-state index contributed by atoms with van der Waals surface area (Å²) in [5, 5.41) is 8.48. The van der Waals surface area contributed by atoms with Gasteiger partial charge in [0, 0.05) is 42.4 Å². The van der Waals surface area contributed by atoms with Gasteiger partial charge in [-0.2, -0.15) is 0 Å². The van der Waals surface area contributed by atoms with Crippen LogP contribution in [-0.4, -0.2) is 47.4 Å². The number of carbonyl (C=O) groups is 3. The summed E-state index contributed by atoms with van der Waals surface area (Å²) < 4.78 is 0. The molecule has 1 aromatic heterocycles. The first kappa shape index (κ1) is 22.1. The van der Waals surface area contributed by atoms with Crippen molar-refractivity contribution in [1.29, 1.82) is 0 Å². The largest absolute Gasteiger partial charge is 0.360 e. The topological polar surface area (TPSA) is 123 Å². The fraction of sp³-hybridized carbons (Fsp3) is 0.250. The number of anilines is 1. The fourth-order valence-corrected chi connectivity index (χ4v) is 3.74. The van der Waals surface area contributed by atoms with Gasteiger partial charge in [-0.1, -0.05) is 24.3 Å². The molecule has 1 aliphatic heterocycles. The summed E-state index contributed by atoms with van der Waals surface area (Å²) in [6.45, 7) is 1.49. The van der Waals surface area contributed by atoms with Crippen LogP contribution in [0, 0.1) is 0 Å². The van der Waals surface area contributed by atoms with E-state index in [0.29, 0.717) is 16.6 Å². The molecule has 4 N–H and O–H groups in total. The van der Waals surface area contributed by atoms with E-state index >= 15 is 0 Å². The van der Waals surface area contributed by atoms with Crippen molar-refractivity contribution in [3.05, 3.63) is 76.1 Å². The molecule has 170 valence electrons. The van der Waals surface area contributed by atoms with Crippen molar-refractivity contribution in [3.63, 3.8) is 0 Å². The molecule has 1 fully saturated rings. The van der Waals surface area contributed by atoms with E-state index in [9.17, 15) is 19.2 Å². The monoisotopic (exact) mass is 447 g/mol. The molecule has 4 amide bonds. The van der Waals surface area contributed by atoms with Crippen LogP contribution in [0.15, 0.2) is 59.5 Å². The first-order valence-corrected chi connectivity index (χ1v) is 10.8. The number of fused-ring (bicyclic) bond motifs is 1. The van der Waals surface area contributed by atoms with Gasteiger partial charge in [0.15, 0.2) is 0 Å². The number of rotatable bonds is 6. The summed E-state index contributed by atoms with van der Waals surface area (Å²) in [5.74, 6) is -1.02. The number of pyridine rings is 1. The van der Waals surface area contributed by atoms with Crippen LogP contribution in [0.3, 0.4) is 0 Å². The van der Waals surface area contributed by atoms with Gasteiger partial charge in [-0.25, -0.2) is 4.79 Å². The third-order valence-electron chi connectivity index (χ3n) is 5.50. The normalized spacial score (nSPS) is 13.0. The number of benzene rings is 2. The first-order valence-electron chi connectivity index (χ1n) is 10.8. The lowest BCUT2D eigenvalue weighted by molar-refractivity contribution is -0.120. The quantitative estimate of drug-likeness (QED) is 0.463. The van der Waals surface area contributed by atoms with E-state index in [1.165, 1.54) is 6.20 Å². The summed E-state index contributed by atoms with van der Waals surface area (Å²) in [6, 6.07) is 14.0. The minimum Gasteiger partial charge on any atom is -0.360 e. The lowest BCUT2D eigenvalue weighted by atomic mass is 10.1. The van der Waals surface area contributed by atoms with Gasteiger partial charge in [0.2, 0.25) is 11.3 Å². The first-order chi connectivity index (χ1) is 16.0. The van der Waals surface area contributed by atoms with Gasteiger partial charge in [-0.15, -0.1) is 0 Å². The van der Waals surface area contributed by atoms with Crippen LogP contribution in [0.2, 0.25) is 0 Å². The molecule has 33 heavy (non-hydrogen) atoms. The molecule has 0 bridgehead atoms. The Kier molecular flexibility index (Phi) is 6.68. The number of carbonyl (C=O) groups excluding carboxylic acids is 3. The van der Waals surface area contributed by atoms with Crippen molar-refractivity contribution in [2.24, 2.45) is 0 Å². The highest BCUT2D eigenvalue weighted by Crippen LogP contribution is 2.14. The maximum Gasteiger partial charge on any atom is 0.321 e. The van der Waals surface area contributed by atoms with Crippen LogP contribution in [0.4, 0.5) is 10.5 Å². The molecule has 0 aliphatic carbocycles. The Hall–Kier alpha value is -4.14. The molecule has 1 aliphatic rings. The SMILES string of the molecule is O=C(CNC(=O)c1c[nH]c2ccccc2c1=O)NCc1cccc(NC(=O)N2CCCC2)c1. The van der Waals surface area contributed by atoms with Crippen LogP contribution >= 0.6 is 0 Å². The average molecular weight is 447 g/mol. The molecule has 1 saturated heterocycles. The van der Waals surface area contributed by atoms with E-state index < -0.39 is 17.2 Å². The Morgan fingerprint density at radius 2 is 1.76 bits per heavy atom. The highest BCUT2D eigenvalue weighted by Gasteiger charge is 2.18. The Balaban J connectivity index is 1.28. The lowest BCUT2D eigenvalue weighted by Crippen LogP contribution is -2.38. The van der Waals surface area contributed by atoms with Gasteiger partial charge < -0.3 is 25.8 Å². The molecule has 2 heterocycles. The number of nitrogens with zero attached hydrogens (tertiary/aromatic N) is 1. The zero-order valence-electron chi connectivity index (χ0n) is 18.0. The van der Waals surface area contributed by atoms with Crippen molar-refractivity contribution in [3.8, 4) is 0 Å². The molecule has 9 heteroatoms. The number of hydrogen-bond acceptors (Lipinski definition) is 4. The highest BCUT2D eigenvalue weighted by atomic mass is 16.2. The number of hydrogen-bond donors (Lipinski definition) is 4. The van der Waals surface area contributed by atoms with Crippen molar-refractivity contribution < 1.29 is 14.4 Å². The number of aromatic nitrogens is 1. The van der Waals surface area contributed by atoms with E-state index in [1.54, 1.807) is 47.4 Å². The van der Waals surface area contributed by atoms with Crippen molar-refractivity contribution in [2.75, 3.05) is 25.0 Å². The maximum absolute atomic E-state index is 12.5. The second-order valence-electron chi connectivity index (χ2n) is 7.86. The van der Waals surface area contributed by atoms with E-state index in [2.05, 4.69) is 20.9 Å². The zero-order valence-corrected chi connectivity index (χ0v) is 18.0. The van der Waals surface area contributed by atoms with E-state index in [0.717, 1.165) is 31.5 Å². The number of likely N-dealkylation sites (tertiary alicyclic amines) is 1. The van der Waals surface area contributed by atoms with Crippen molar-refractivity contribution in [2.45, 2.75) is 19.4 Å². The van der Waals surface area contributed by atoms with Gasteiger partial charge in [0.1, 0.15) is 5.56 Å². The van der Waals surface area contributed by atoms with Gasteiger partial charge in [0.05, 0.1) is 6.54 Å². The smallest absolute Gasteiger partial charge is 0.321 e. The molecule has 4 rings (SSSR count). The second-order valence-corrected chi connectivity index (χ2v) is 7.86. The van der Waals surface area contributed by atoms with Crippen LogP contribution in [-0.2, 0) is 11.3 Å². The number of urea groups is 1. The summed E-state index contributed by atoms with van der Waals surface area (Å²) in [5.41, 5.74) is 1.65. The van der Waals surface area contributed by atoms with E-state index in [1.807, 2.05) is 6.07 Å². The Bertz CT molecular complexity index is 1250. The third kappa shape index (κ3) is 5.38. The minimum absolute atomic E-state index is 0.0528. The Morgan fingerprint density at radius 1 is 0.970 bits per heavy atom. The van der Waals surface area contributed by atoms with Crippen molar-refractivity contribution in [1.82, 2.24) is 20.5 Å². The summed E-state index contributed by atoms with van der Waals surface area (Å²) in [7, 11) is 0. The molecule has 3 aromatic rings. The predicted molar refractivity (Wildman–Crippen MR) is 125 cm³/mol. The number of aromatic amines is 1. The van der Waals surface area contributed by atoms with Gasteiger partial charge in [0.25, 0.3) is 5.91 Å². The molecule has 0 radical (unpaired) electrons. The Morgan fingerprint density at radius 3 is 2.58 bits per heavy atom. The predicted octanol–water partition coefficient (Wildman–Crippen LogP) is 2.20. The van der Waals surface area contributed by atoms with Gasteiger partial charge in [-0.3, -0.25) is 14.4 Å². The van der Waals surface area contributed by atoms with Gasteiger partial charge in [-0.05, 0) is 42.7 Å². The fourth-order valence-electron chi connectivity index (χ4n) is 3.74. The molecular formula is C24H25N5O4. The number of nitrogens with one attached hydrogen (secondary N) is 4. The molecule has 0 saturated carbocycles. The maximum atomic E-state index is 12.5.